The van der Waals surface area contributed by atoms with Crippen LogP contribution in [0, 0.1) is 0 Å². The minimum Gasteiger partial charge on any atom is -0.369 e. The van der Waals surface area contributed by atoms with Gasteiger partial charge < -0.3 is 10.2 Å². The van der Waals surface area contributed by atoms with Crippen molar-refractivity contribution in [3.8, 4) is 0 Å². The van der Waals surface area contributed by atoms with E-state index in [0.29, 0.717) is 6.04 Å². The monoisotopic (exact) mass is 210 g/mol. The summed E-state index contributed by atoms with van der Waals surface area (Å²) in [5, 5.41) is 7.98. The summed E-state index contributed by atoms with van der Waals surface area (Å²) < 4.78 is 0. The molecule has 0 aliphatic carbocycles. The largest absolute Gasteiger partial charge is 0.369 e. The molecular weight excluding hydrogens is 192 g/mol. The lowest BCUT2D eigenvalue weighted by atomic mass is 10.2. The van der Waals surface area contributed by atoms with Gasteiger partial charge in [-0.25, -0.2) is 0 Å². The second-order valence-electron chi connectivity index (χ2n) is 3.87. The highest BCUT2D eigenvalue weighted by Crippen LogP contribution is 2.22. The van der Waals surface area contributed by atoms with Crippen LogP contribution in [0.5, 0.6) is 0 Å². The minimum atomic E-state index is 0.704. The SMILES string of the molecule is CCCNC1CCN(c2ccsc2)C1. The van der Waals surface area contributed by atoms with Crippen molar-refractivity contribution in [2.75, 3.05) is 24.5 Å². The third kappa shape index (κ3) is 2.28. The highest BCUT2D eigenvalue weighted by molar-refractivity contribution is 7.08. The maximum absolute atomic E-state index is 3.58. The first-order valence-electron chi connectivity index (χ1n) is 5.40. The van der Waals surface area contributed by atoms with Crippen molar-refractivity contribution in [3.63, 3.8) is 0 Å². The molecule has 0 radical (unpaired) electrons. The molecule has 1 fully saturated rings. The van der Waals surface area contributed by atoms with Gasteiger partial charge in [-0.3, -0.25) is 0 Å². The van der Waals surface area contributed by atoms with E-state index >= 15 is 0 Å². The molecule has 1 saturated heterocycles. The van der Waals surface area contributed by atoms with Crippen LogP contribution >= 0.6 is 11.3 Å². The van der Waals surface area contributed by atoms with Crippen molar-refractivity contribution in [1.82, 2.24) is 5.32 Å². The normalized spacial score (nSPS) is 21.8. The van der Waals surface area contributed by atoms with Crippen LogP contribution in [0.15, 0.2) is 16.8 Å². The molecule has 1 N–H and O–H groups in total. The van der Waals surface area contributed by atoms with Crippen molar-refractivity contribution < 1.29 is 0 Å². The van der Waals surface area contributed by atoms with Gasteiger partial charge in [0.15, 0.2) is 0 Å². The van der Waals surface area contributed by atoms with Gasteiger partial charge >= 0.3 is 0 Å². The summed E-state index contributed by atoms with van der Waals surface area (Å²) in [6.07, 6.45) is 2.52. The van der Waals surface area contributed by atoms with E-state index in [2.05, 4.69) is 34.0 Å². The average molecular weight is 210 g/mol. The summed E-state index contributed by atoms with van der Waals surface area (Å²) in [6, 6.07) is 2.92. The second kappa shape index (κ2) is 4.80. The molecule has 1 atom stereocenters. The molecule has 3 heteroatoms. The van der Waals surface area contributed by atoms with Crippen LogP contribution in [0.1, 0.15) is 19.8 Å². The van der Waals surface area contributed by atoms with E-state index < -0.39 is 0 Å². The van der Waals surface area contributed by atoms with Gasteiger partial charge in [0.1, 0.15) is 0 Å². The molecule has 0 saturated carbocycles. The maximum Gasteiger partial charge on any atom is 0.0475 e. The molecule has 78 valence electrons. The summed E-state index contributed by atoms with van der Waals surface area (Å²) >= 11 is 1.78. The number of hydrogen-bond donors (Lipinski definition) is 1. The number of anilines is 1. The number of thiophene rings is 1. The summed E-state index contributed by atoms with van der Waals surface area (Å²) in [7, 11) is 0. The van der Waals surface area contributed by atoms with Gasteiger partial charge in [0.05, 0.1) is 0 Å². The van der Waals surface area contributed by atoms with E-state index in [9.17, 15) is 0 Å². The van der Waals surface area contributed by atoms with Crippen LogP contribution in [-0.4, -0.2) is 25.7 Å². The zero-order chi connectivity index (χ0) is 9.80. The third-order valence-electron chi connectivity index (χ3n) is 2.74. The Labute approximate surface area is 89.9 Å². The fourth-order valence-corrected chi connectivity index (χ4v) is 2.61. The molecule has 0 spiro atoms. The van der Waals surface area contributed by atoms with Crippen molar-refractivity contribution in [2.45, 2.75) is 25.8 Å². The van der Waals surface area contributed by atoms with E-state index in [1.54, 1.807) is 11.3 Å². The zero-order valence-corrected chi connectivity index (χ0v) is 9.52. The Kier molecular flexibility index (Phi) is 3.43. The quantitative estimate of drug-likeness (QED) is 0.820. The van der Waals surface area contributed by atoms with E-state index in [0.717, 1.165) is 6.54 Å². The topological polar surface area (TPSA) is 15.3 Å². The van der Waals surface area contributed by atoms with Crippen molar-refractivity contribution >= 4 is 17.0 Å². The molecule has 1 aromatic heterocycles. The predicted octanol–water partition coefficient (Wildman–Crippen LogP) is 2.33. The summed E-state index contributed by atoms with van der Waals surface area (Å²) in [6.45, 7) is 5.76. The van der Waals surface area contributed by atoms with Gasteiger partial charge in [0, 0.05) is 30.2 Å². The highest BCUT2D eigenvalue weighted by atomic mass is 32.1. The number of nitrogens with zero attached hydrogens (tertiary/aromatic N) is 1. The molecule has 1 unspecified atom stereocenters. The van der Waals surface area contributed by atoms with Crippen LogP contribution in [0.3, 0.4) is 0 Å². The van der Waals surface area contributed by atoms with Crippen LogP contribution in [0.25, 0.3) is 0 Å². The molecule has 0 amide bonds. The minimum absolute atomic E-state index is 0.704. The van der Waals surface area contributed by atoms with Gasteiger partial charge in [-0.1, -0.05) is 6.92 Å². The third-order valence-corrected chi connectivity index (χ3v) is 3.41. The van der Waals surface area contributed by atoms with Gasteiger partial charge in [0.25, 0.3) is 0 Å². The molecule has 0 aromatic carbocycles. The van der Waals surface area contributed by atoms with E-state index in [-0.39, 0.29) is 0 Å². The first-order valence-corrected chi connectivity index (χ1v) is 6.35. The first kappa shape index (κ1) is 9.99. The Morgan fingerprint density at radius 2 is 2.57 bits per heavy atom. The Morgan fingerprint density at radius 3 is 3.29 bits per heavy atom. The summed E-state index contributed by atoms with van der Waals surface area (Å²) in [4.78, 5) is 2.48. The smallest absolute Gasteiger partial charge is 0.0475 e. The van der Waals surface area contributed by atoms with Gasteiger partial charge in [-0.05, 0) is 30.8 Å². The second-order valence-corrected chi connectivity index (χ2v) is 4.65. The zero-order valence-electron chi connectivity index (χ0n) is 8.70. The van der Waals surface area contributed by atoms with Crippen molar-refractivity contribution in [3.05, 3.63) is 16.8 Å². The van der Waals surface area contributed by atoms with E-state index in [1.165, 1.54) is 31.6 Å². The molecular formula is C11H18N2S. The van der Waals surface area contributed by atoms with Gasteiger partial charge in [-0.15, -0.1) is 0 Å². The van der Waals surface area contributed by atoms with Gasteiger partial charge in [0.2, 0.25) is 0 Å². The summed E-state index contributed by atoms with van der Waals surface area (Å²) in [5.74, 6) is 0. The Hall–Kier alpha value is -0.540. The lowest BCUT2D eigenvalue weighted by Crippen LogP contribution is -2.32. The number of nitrogens with one attached hydrogen (secondary N) is 1. The molecule has 2 rings (SSSR count). The molecule has 2 nitrogen and oxygen atoms in total. The van der Waals surface area contributed by atoms with Crippen LogP contribution in [-0.2, 0) is 0 Å². The number of hydrogen-bond acceptors (Lipinski definition) is 3. The maximum atomic E-state index is 3.58. The molecule has 14 heavy (non-hydrogen) atoms. The van der Waals surface area contributed by atoms with Crippen LogP contribution in [0.4, 0.5) is 5.69 Å². The molecule has 0 bridgehead atoms. The average Bonchev–Trinajstić information content (AvgIpc) is 2.85. The molecule has 1 aliphatic heterocycles. The summed E-state index contributed by atoms with van der Waals surface area (Å²) in [5.41, 5.74) is 1.40. The Morgan fingerprint density at radius 1 is 1.64 bits per heavy atom. The Balaban J connectivity index is 1.83. The first-order chi connectivity index (χ1) is 6.90. The lowest BCUT2D eigenvalue weighted by Gasteiger charge is -2.17. The fraction of sp³-hybridized carbons (Fsp3) is 0.636. The molecule has 2 heterocycles. The Bertz CT molecular complexity index is 258. The lowest BCUT2D eigenvalue weighted by molar-refractivity contribution is 0.549. The molecule has 1 aromatic rings. The van der Waals surface area contributed by atoms with Crippen molar-refractivity contribution in [2.24, 2.45) is 0 Å². The predicted molar refractivity (Wildman–Crippen MR) is 63.2 cm³/mol. The number of rotatable bonds is 4. The van der Waals surface area contributed by atoms with Crippen LogP contribution in [0.2, 0.25) is 0 Å². The highest BCUT2D eigenvalue weighted by Gasteiger charge is 2.21. The van der Waals surface area contributed by atoms with Gasteiger partial charge in [-0.2, -0.15) is 11.3 Å². The van der Waals surface area contributed by atoms with Crippen molar-refractivity contribution in [1.29, 1.82) is 0 Å². The fourth-order valence-electron chi connectivity index (χ4n) is 1.95. The molecule has 1 aliphatic rings. The van der Waals surface area contributed by atoms with E-state index in [1.807, 2.05) is 0 Å². The van der Waals surface area contributed by atoms with E-state index in [4.69, 9.17) is 0 Å². The van der Waals surface area contributed by atoms with Crippen LogP contribution < -0.4 is 10.2 Å². The standard InChI is InChI=1S/C11H18N2S/c1-2-5-12-10-3-6-13(8-10)11-4-7-14-9-11/h4,7,9-10,12H,2-3,5-6,8H2,1H3.